The lowest BCUT2D eigenvalue weighted by molar-refractivity contribution is 0.0463. The fourth-order valence-corrected chi connectivity index (χ4v) is 4.38. The van der Waals surface area contributed by atoms with E-state index in [1.165, 1.54) is 16.7 Å². The number of ether oxygens (including phenoxy) is 1. The summed E-state index contributed by atoms with van der Waals surface area (Å²) in [6.07, 6.45) is 0. The van der Waals surface area contributed by atoms with Gasteiger partial charge in [-0.3, -0.25) is 13.8 Å². The van der Waals surface area contributed by atoms with Gasteiger partial charge in [-0.05, 0) is 56.3 Å². The van der Waals surface area contributed by atoms with Crippen LogP contribution in [-0.2, 0) is 18.4 Å². The topological polar surface area (TPSA) is 117 Å². The van der Waals surface area contributed by atoms with Gasteiger partial charge in [0, 0.05) is 12.6 Å². The van der Waals surface area contributed by atoms with E-state index < -0.39 is 5.97 Å². The van der Waals surface area contributed by atoms with Gasteiger partial charge in [0.2, 0.25) is 5.78 Å². The Labute approximate surface area is 207 Å². The van der Waals surface area contributed by atoms with Gasteiger partial charge in [0.05, 0.1) is 33.2 Å². The number of hydrogen-bond acceptors (Lipinski definition) is 8. The average molecular weight is 498 g/mol. The number of carbonyl (C=O) groups excluding carboxylic acids is 1. The summed E-state index contributed by atoms with van der Waals surface area (Å²) in [6, 6.07) is 12.8. The molecule has 0 fully saturated rings. The lowest BCUT2D eigenvalue weighted by Gasteiger charge is -2.10. The molecule has 6 rings (SSSR count). The Morgan fingerprint density at radius 2 is 1.86 bits per heavy atom. The largest absolute Gasteiger partial charge is 0.454 e. The van der Waals surface area contributed by atoms with E-state index >= 15 is 0 Å². The highest BCUT2D eigenvalue weighted by atomic mass is 19.1. The summed E-state index contributed by atoms with van der Waals surface area (Å²) in [6.45, 7) is 3.39. The molecular formula is C26H19FN6O4. The van der Waals surface area contributed by atoms with E-state index in [9.17, 15) is 14.0 Å². The standard InChI is InChI=1S/C26H19FN6O4/c1-13-4-9-20-17(10-13)24(34)32(3)26-30-29-21(33(20)26)12-36-25(35)18-11-19(15-5-7-16(27)8-6-15)28-23-22(18)14(2)31-37-23/h4-11H,12H2,1-3H3. The molecule has 0 atom stereocenters. The number of halogens is 1. The normalized spacial score (nSPS) is 11.6. The summed E-state index contributed by atoms with van der Waals surface area (Å²) in [5, 5.41) is 13.2. The van der Waals surface area contributed by atoms with Crippen molar-refractivity contribution in [2.24, 2.45) is 7.05 Å². The Hall–Kier alpha value is -4.93. The molecule has 0 aliphatic rings. The third kappa shape index (κ3) is 3.63. The predicted octanol–water partition coefficient (Wildman–Crippen LogP) is 3.90. The molecule has 0 saturated heterocycles. The summed E-state index contributed by atoms with van der Waals surface area (Å²) in [5.74, 6) is -0.365. The van der Waals surface area contributed by atoms with Crippen molar-refractivity contribution >= 4 is 33.7 Å². The first-order chi connectivity index (χ1) is 17.8. The molecule has 184 valence electrons. The summed E-state index contributed by atoms with van der Waals surface area (Å²) in [7, 11) is 1.61. The highest BCUT2D eigenvalue weighted by Gasteiger charge is 2.22. The van der Waals surface area contributed by atoms with E-state index in [1.54, 1.807) is 42.6 Å². The van der Waals surface area contributed by atoms with Gasteiger partial charge >= 0.3 is 5.97 Å². The highest BCUT2D eigenvalue weighted by Crippen LogP contribution is 2.28. The maximum Gasteiger partial charge on any atom is 0.339 e. The van der Waals surface area contributed by atoms with Gasteiger partial charge in [-0.1, -0.05) is 16.8 Å². The fraction of sp³-hybridized carbons (Fsp3) is 0.154. The quantitative estimate of drug-likeness (QED) is 0.336. The number of fused-ring (bicyclic) bond motifs is 4. The molecule has 0 saturated carbocycles. The van der Waals surface area contributed by atoms with E-state index in [-0.39, 0.29) is 29.3 Å². The van der Waals surface area contributed by atoms with E-state index in [2.05, 4.69) is 20.3 Å². The Morgan fingerprint density at radius 1 is 1.08 bits per heavy atom. The molecular weight excluding hydrogens is 479 g/mol. The molecule has 0 N–H and O–H groups in total. The lowest BCUT2D eigenvalue weighted by atomic mass is 10.1. The van der Waals surface area contributed by atoms with Crippen LogP contribution in [0.5, 0.6) is 0 Å². The second-order valence-corrected chi connectivity index (χ2v) is 8.72. The van der Waals surface area contributed by atoms with Crippen LogP contribution in [0.2, 0.25) is 0 Å². The summed E-state index contributed by atoms with van der Waals surface area (Å²) < 4.78 is 27.5. The van der Waals surface area contributed by atoms with Gasteiger partial charge in [-0.25, -0.2) is 14.2 Å². The van der Waals surface area contributed by atoms with Gasteiger partial charge in [-0.15, -0.1) is 10.2 Å². The zero-order valence-corrected chi connectivity index (χ0v) is 20.0. The minimum absolute atomic E-state index is 0.163. The van der Waals surface area contributed by atoms with E-state index in [1.807, 2.05) is 19.1 Å². The molecule has 0 amide bonds. The van der Waals surface area contributed by atoms with Crippen LogP contribution < -0.4 is 5.56 Å². The van der Waals surface area contributed by atoms with Gasteiger partial charge < -0.3 is 9.26 Å². The Balaban J connectivity index is 1.40. The number of carbonyl (C=O) groups is 1. The summed E-state index contributed by atoms with van der Waals surface area (Å²) in [4.78, 5) is 30.6. The van der Waals surface area contributed by atoms with E-state index in [0.29, 0.717) is 44.8 Å². The maximum atomic E-state index is 13.4. The average Bonchev–Trinajstić information content (AvgIpc) is 3.49. The zero-order chi connectivity index (χ0) is 25.8. The molecule has 4 heterocycles. The number of aryl methyl sites for hydroxylation is 3. The molecule has 0 spiro atoms. The monoisotopic (exact) mass is 498 g/mol. The number of benzene rings is 2. The van der Waals surface area contributed by atoms with Crippen molar-refractivity contribution in [3.05, 3.63) is 87.3 Å². The number of hydrogen-bond donors (Lipinski definition) is 0. The van der Waals surface area contributed by atoms with Crippen molar-refractivity contribution in [3.63, 3.8) is 0 Å². The first-order valence-electron chi connectivity index (χ1n) is 11.4. The summed E-state index contributed by atoms with van der Waals surface area (Å²) >= 11 is 0. The van der Waals surface area contributed by atoms with Crippen LogP contribution in [0, 0.1) is 19.7 Å². The third-order valence-corrected chi connectivity index (χ3v) is 6.25. The van der Waals surface area contributed by atoms with Gasteiger partial charge in [-0.2, -0.15) is 0 Å². The van der Waals surface area contributed by atoms with Crippen molar-refractivity contribution in [1.29, 1.82) is 0 Å². The molecule has 0 aliphatic heterocycles. The van der Waals surface area contributed by atoms with Crippen molar-refractivity contribution < 1.29 is 18.4 Å². The maximum absolute atomic E-state index is 13.4. The van der Waals surface area contributed by atoms with Crippen LogP contribution in [0.15, 0.2) is 57.8 Å². The molecule has 0 aliphatic carbocycles. The highest BCUT2D eigenvalue weighted by molar-refractivity contribution is 6.04. The smallest absolute Gasteiger partial charge is 0.339 e. The van der Waals surface area contributed by atoms with Crippen LogP contribution in [0.3, 0.4) is 0 Å². The van der Waals surface area contributed by atoms with Gasteiger partial charge in [0.25, 0.3) is 11.3 Å². The Morgan fingerprint density at radius 3 is 2.65 bits per heavy atom. The molecule has 37 heavy (non-hydrogen) atoms. The van der Waals surface area contributed by atoms with Crippen LogP contribution in [0.25, 0.3) is 39.0 Å². The minimum Gasteiger partial charge on any atom is -0.454 e. The number of aromatic nitrogens is 6. The van der Waals surface area contributed by atoms with Crippen molar-refractivity contribution in [3.8, 4) is 11.3 Å². The molecule has 6 aromatic rings. The molecule has 0 radical (unpaired) electrons. The molecule has 0 unspecified atom stereocenters. The second-order valence-electron chi connectivity index (χ2n) is 8.72. The summed E-state index contributed by atoms with van der Waals surface area (Å²) in [5.41, 5.74) is 3.19. The van der Waals surface area contributed by atoms with Crippen molar-refractivity contribution in [2.45, 2.75) is 20.5 Å². The molecule has 11 heteroatoms. The predicted molar refractivity (Wildman–Crippen MR) is 132 cm³/mol. The number of nitrogens with zero attached hydrogens (tertiary/aromatic N) is 6. The first-order valence-corrected chi connectivity index (χ1v) is 11.4. The van der Waals surface area contributed by atoms with Gasteiger partial charge in [0.15, 0.2) is 12.4 Å². The lowest BCUT2D eigenvalue weighted by Crippen LogP contribution is -2.20. The van der Waals surface area contributed by atoms with Crippen LogP contribution >= 0.6 is 0 Å². The van der Waals surface area contributed by atoms with Crippen molar-refractivity contribution in [2.75, 3.05) is 0 Å². The fourth-order valence-electron chi connectivity index (χ4n) is 4.38. The molecule has 0 bridgehead atoms. The second kappa shape index (κ2) is 8.33. The number of rotatable bonds is 4. The molecule has 10 nitrogen and oxygen atoms in total. The van der Waals surface area contributed by atoms with Crippen molar-refractivity contribution in [1.82, 2.24) is 29.3 Å². The molecule has 4 aromatic heterocycles. The minimum atomic E-state index is -0.649. The third-order valence-electron chi connectivity index (χ3n) is 6.25. The Bertz CT molecular complexity index is 1920. The van der Waals surface area contributed by atoms with E-state index in [4.69, 9.17) is 9.26 Å². The van der Waals surface area contributed by atoms with Crippen LogP contribution in [0.4, 0.5) is 4.39 Å². The Kier molecular flexibility index (Phi) is 5.07. The van der Waals surface area contributed by atoms with Gasteiger partial charge in [0.1, 0.15) is 5.82 Å². The zero-order valence-electron chi connectivity index (χ0n) is 20.0. The number of pyridine rings is 1. The number of esters is 1. The first kappa shape index (κ1) is 22.5. The molecule has 2 aromatic carbocycles. The van der Waals surface area contributed by atoms with E-state index in [0.717, 1.165) is 5.56 Å². The SMILES string of the molecule is Cc1ccc2c(c1)c(=O)n(C)c1nnc(COC(=O)c3cc(-c4ccc(F)cc4)nc4onc(C)c34)n21. The van der Waals surface area contributed by atoms with Crippen LogP contribution in [-0.4, -0.2) is 35.3 Å². The van der Waals surface area contributed by atoms with Crippen LogP contribution in [0.1, 0.15) is 27.4 Å².